The summed E-state index contributed by atoms with van der Waals surface area (Å²) in [5.41, 5.74) is 2.41. The molecule has 0 unspecified atom stereocenters. The summed E-state index contributed by atoms with van der Waals surface area (Å²) < 4.78 is 5.18. The van der Waals surface area contributed by atoms with Crippen LogP contribution >= 0.6 is 23.2 Å². The predicted octanol–water partition coefficient (Wildman–Crippen LogP) is 4.94. The lowest BCUT2D eigenvalue weighted by molar-refractivity contribution is 0.0976. The van der Waals surface area contributed by atoms with E-state index >= 15 is 0 Å². The zero-order valence-corrected chi connectivity index (χ0v) is 18.0. The molecular weight excluding hydrogens is 425 g/mol. The molecule has 0 aliphatic carbocycles. The molecule has 0 radical (unpaired) electrons. The number of rotatable bonds is 4. The van der Waals surface area contributed by atoms with E-state index in [2.05, 4.69) is 25.6 Å². The lowest BCUT2D eigenvalue weighted by Crippen LogP contribution is -2.36. The van der Waals surface area contributed by atoms with Crippen molar-refractivity contribution in [2.45, 2.75) is 13.8 Å². The molecule has 1 heterocycles. The van der Waals surface area contributed by atoms with Crippen molar-refractivity contribution >= 4 is 46.7 Å². The molecule has 0 aliphatic heterocycles. The van der Waals surface area contributed by atoms with Crippen LogP contribution < -0.4 is 15.4 Å². The number of amides is 1. The van der Waals surface area contributed by atoms with Gasteiger partial charge in [-0.1, -0.05) is 29.3 Å². The monoisotopic (exact) mass is 443 g/mol. The Balaban J connectivity index is 1.95. The summed E-state index contributed by atoms with van der Waals surface area (Å²) in [5.74, 6) is 0.477. The zero-order chi connectivity index (χ0) is 21.7. The van der Waals surface area contributed by atoms with Crippen molar-refractivity contribution < 1.29 is 9.53 Å². The molecule has 0 fully saturated rings. The fourth-order valence-corrected chi connectivity index (χ4v) is 3.06. The van der Waals surface area contributed by atoms with Crippen LogP contribution in [-0.4, -0.2) is 28.9 Å². The Morgan fingerprint density at radius 2 is 1.77 bits per heavy atom. The van der Waals surface area contributed by atoms with E-state index in [4.69, 9.17) is 27.9 Å². The summed E-state index contributed by atoms with van der Waals surface area (Å²) in [6, 6.07) is 13.5. The Kier molecular flexibility index (Phi) is 6.87. The minimum atomic E-state index is -0.394. The molecule has 3 rings (SSSR count). The van der Waals surface area contributed by atoms with Gasteiger partial charge in [-0.25, -0.2) is 9.97 Å². The van der Waals surface area contributed by atoms with Gasteiger partial charge >= 0.3 is 0 Å². The third kappa shape index (κ3) is 5.68. The Bertz CT molecular complexity index is 1100. The SMILES string of the molecule is COc1cccc(C(=O)N/C(=N\c2nc(C)cc(C)n2)Nc2ccc(Cl)cc2Cl)c1. The van der Waals surface area contributed by atoms with E-state index in [1.165, 1.54) is 7.11 Å². The Hall–Kier alpha value is -3.16. The number of halogens is 2. The zero-order valence-electron chi connectivity index (χ0n) is 16.5. The second kappa shape index (κ2) is 9.56. The quantitative estimate of drug-likeness (QED) is 0.440. The molecule has 3 aromatic rings. The van der Waals surface area contributed by atoms with Gasteiger partial charge in [-0.15, -0.1) is 0 Å². The first-order valence-corrected chi connectivity index (χ1v) is 9.68. The number of aryl methyl sites for hydroxylation is 2. The smallest absolute Gasteiger partial charge is 0.258 e. The topological polar surface area (TPSA) is 88.5 Å². The second-order valence-corrected chi connectivity index (χ2v) is 7.19. The van der Waals surface area contributed by atoms with E-state index in [1.54, 1.807) is 42.5 Å². The Morgan fingerprint density at radius 3 is 2.43 bits per heavy atom. The van der Waals surface area contributed by atoms with Gasteiger partial charge in [0.1, 0.15) is 5.75 Å². The number of carbonyl (C=O) groups excluding carboxylic acids is 1. The first-order chi connectivity index (χ1) is 14.3. The lowest BCUT2D eigenvalue weighted by Gasteiger charge is -2.13. The second-order valence-electron chi connectivity index (χ2n) is 6.35. The number of nitrogens with zero attached hydrogens (tertiary/aromatic N) is 3. The highest BCUT2D eigenvalue weighted by molar-refractivity contribution is 6.36. The molecule has 7 nitrogen and oxygen atoms in total. The van der Waals surface area contributed by atoms with Crippen molar-refractivity contribution in [1.29, 1.82) is 0 Å². The highest BCUT2D eigenvalue weighted by Crippen LogP contribution is 2.25. The molecule has 0 saturated carbocycles. The van der Waals surface area contributed by atoms with Crippen molar-refractivity contribution in [2.75, 3.05) is 12.4 Å². The maximum absolute atomic E-state index is 12.8. The standard InChI is InChI=1S/C21H19Cl2N5O2/c1-12-9-13(2)25-20(24-12)28-21(26-18-8-7-15(22)11-17(18)23)27-19(29)14-5-4-6-16(10-14)30-3/h4-11H,1-3H3,(H2,24,25,26,27,28,29). The average molecular weight is 444 g/mol. The number of anilines is 1. The third-order valence-corrected chi connectivity index (χ3v) is 4.48. The molecule has 9 heteroatoms. The molecule has 0 saturated heterocycles. The number of aliphatic imine (C=N–C) groups is 1. The number of hydrogen-bond acceptors (Lipinski definition) is 5. The first-order valence-electron chi connectivity index (χ1n) is 8.92. The number of carbonyl (C=O) groups is 1. The van der Waals surface area contributed by atoms with Gasteiger partial charge in [0.25, 0.3) is 11.9 Å². The van der Waals surface area contributed by atoms with Crippen LogP contribution in [-0.2, 0) is 0 Å². The molecule has 0 spiro atoms. The van der Waals surface area contributed by atoms with E-state index in [9.17, 15) is 4.79 Å². The highest BCUT2D eigenvalue weighted by Gasteiger charge is 2.13. The summed E-state index contributed by atoms with van der Waals surface area (Å²) >= 11 is 12.2. The molecule has 0 bridgehead atoms. The maximum atomic E-state index is 12.8. The average Bonchev–Trinajstić information content (AvgIpc) is 2.69. The molecule has 2 aromatic carbocycles. The molecule has 1 amide bonds. The van der Waals surface area contributed by atoms with Gasteiger partial charge in [-0.05, 0) is 56.3 Å². The first kappa shape index (κ1) is 21.5. The lowest BCUT2D eigenvalue weighted by atomic mass is 10.2. The molecule has 0 atom stereocenters. The van der Waals surface area contributed by atoms with Gasteiger partial charge in [0.2, 0.25) is 5.96 Å². The molecule has 1 aromatic heterocycles. The maximum Gasteiger partial charge on any atom is 0.258 e. The third-order valence-electron chi connectivity index (χ3n) is 3.93. The molecule has 0 aliphatic rings. The molecular formula is C21H19Cl2N5O2. The van der Waals surface area contributed by atoms with Crippen LogP contribution in [0.15, 0.2) is 53.5 Å². The molecule has 30 heavy (non-hydrogen) atoms. The number of ether oxygens (including phenoxy) is 1. The van der Waals surface area contributed by atoms with Crippen LogP contribution in [0.4, 0.5) is 11.6 Å². The van der Waals surface area contributed by atoms with Crippen molar-refractivity contribution in [3.63, 3.8) is 0 Å². The van der Waals surface area contributed by atoms with E-state index in [0.717, 1.165) is 11.4 Å². The number of guanidine groups is 1. The van der Waals surface area contributed by atoms with Crippen LogP contribution in [0.2, 0.25) is 10.0 Å². The van der Waals surface area contributed by atoms with E-state index in [-0.39, 0.29) is 11.9 Å². The van der Waals surface area contributed by atoms with Crippen molar-refractivity contribution in [3.8, 4) is 5.75 Å². The van der Waals surface area contributed by atoms with Crippen LogP contribution in [0.3, 0.4) is 0 Å². The summed E-state index contributed by atoms with van der Waals surface area (Å²) in [7, 11) is 1.53. The van der Waals surface area contributed by atoms with Crippen LogP contribution in [0.25, 0.3) is 0 Å². The predicted molar refractivity (Wildman–Crippen MR) is 119 cm³/mol. The minimum absolute atomic E-state index is 0.108. The normalized spacial score (nSPS) is 11.2. The number of aromatic nitrogens is 2. The van der Waals surface area contributed by atoms with Crippen molar-refractivity contribution in [3.05, 3.63) is 75.5 Å². The molecule has 154 valence electrons. The summed E-state index contributed by atoms with van der Waals surface area (Å²) in [6.45, 7) is 3.68. The van der Waals surface area contributed by atoms with Crippen molar-refractivity contribution in [1.82, 2.24) is 15.3 Å². The fraction of sp³-hybridized carbons (Fsp3) is 0.143. The van der Waals surface area contributed by atoms with Crippen LogP contribution in [0.5, 0.6) is 5.75 Å². The van der Waals surface area contributed by atoms with Gasteiger partial charge in [0.05, 0.1) is 17.8 Å². The van der Waals surface area contributed by atoms with Crippen LogP contribution in [0, 0.1) is 13.8 Å². The largest absolute Gasteiger partial charge is 0.497 e. The summed E-state index contributed by atoms with van der Waals surface area (Å²) in [4.78, 5) is 25.8. The Morgan fingerprint density at radius 1 is 1.03 bits per heavy atom. The number of nitrogens with one attached hydrogen (secondary N) is 2. The number of benzene rings is 2. The van der Waals surface area contributed by atoms with E-state index in [1.807, 2.05) is 19.9 Å². The molecule has 2 N–H and O–H groups in total. The minimum Gasteiger partial charge on any atom is -0.497 e. The number of methoxy groups -OCH3 is 1. The van der Waals surface area contributed by atoms with Gasteiger partial charge < -0.3 is 10.1 Å². The Labute approximate surface area is 184 Å². The van der Waals surface area contributed by atoms with Gasteiger partial charge in [0, 0.05) is 22.0 Å². The fourth-order valence-electron chi connectivity index (χ4n) is 2.61. The van der Waals surface area contributed by atoms with Gasteiger partial charge in [-0.3, -0.25) is 10.1 Å². The van der Waals surface area contributed by atoms with Gasteiger partial charge in [-0.2, -0.15) is 4.99 Å². The highest BCUT2D eigenvalue weighted by atomic mass is 35.5. The summed E-state index contributed by atoms with van der Waals surface area (Å²) in [5, 5.41) is 6.60. The van der Waals surface area contributed by atoms with Crippen LogP contribution in [0.1, 0.15) is 21.7 Å². The van der Waals surface area contributed by atoms with E-state index < -0.39 is 5.91 Å². The van der Waals surface area contributed by atoms with Gasteiger partial charge in [0.15, 0.2) is 0 Å². The van der Waals surface area contributed by atoms with Crippen molar-refractivity contribution in [2.24, 2.45) is 4.99 Å². The van der Waals surface area contributed by atoms with E-state index in [0.29, 0.717) is 27.0 Å². The summed E-state index contributed by atoms with van der Waals surface area (Å²) in [6.07, 6.45) is 0. The number of hydrogen-bond donors (Lipinski definition) is 2.